The lowest BCUT2D eigenvalue weighted by Crippen LogP contribution is -2.28. The zero-order chi connectivity index (χ0) is 15.1. The number of ether oxygens (including phenoxy) is 1. The smallest absolute Gasteiger partial charge is 0.224 e. The summed E-state index contributed by atoms with van der Waals surface area (Å²) in [5.74, 6) is 0.867. The molecular formula is C16H26N2O2. The molecule has 0 aliphatic carbocycles. The van der Waals surface area contributed by atoms with Crippen LogP contribution in [0.5, 0.6) is 5.75 Å². The number of benzene rings is 1. The Bertz CT molecular complexity index is 456. The van der Waals surface area contributed by atoms with Gasteiger partial charge >= 0.3 is 0 Å². The van der Waals surface area contributed by atoms with Gasteiger partial charge in [-0.25, -0.2) is 0 Å². The Labute approximate surface area is 122 Å². The highest BCUT2D eigenvalue weighted by atomic mass is 16.5. The van der Waals surface area contributed by atoms with E-state index in [9.17, 15) is 4.79 Å². The largest absolute Gasteiger partial charge is 0.496 e. The van der Waals surface area contributed by atoms with Crippen LogP contribution in [0.3, 0.4) is 0 Å². The summed E-state index contributed by atoms with van der Waals surface area (Å²) in [5.41, 5.74) is 3.18. The fraction of sp³-hybridized carbons (Fsp3) is 0.562. The maximum absolute atomic E-state index is 12.0. The lowest BCUT2D eigenvalue weighted by Gasteiger charge is -2.13. The molecule has 4 nitrogen and oxygen atoms in total. The number of hydrogen-bond acceptors (Lipinski definition) is 3. The standard InChI is InChI=1S/C16H26N2O2/c1-12-9-13(2)16(20-5)14(10-12)11-15(19)17-7-6-8-18(3)4/h9-10H,6-8,11H2,1-5H3,(H,17,19). The van der Waals surface area contributed by atoms with Crippen LogP contribution in [0.2, 0.25) is 0 Å². The van der Waals surface area contributed by atoms with Crippen molar-refractivity contribution in [2.24, 2.45) is 0 Å². The maximum Gasteiger partial charge on any atom is 0.224 e. The SMILES string of the molecule is COc1c(C)cc(C)cc1CC(=O)NCCCN(C)C. The van der Waals surface area contributed by atoms with Gasteiger partial charge in [-0.1, -0.05) is 17.7 Å². The Hall–Kier alpha value is -1.55. The number of nitrogens with one attached hydrogen (secondary N) is 1. The molecule has 1 aromatic rings. The molecule has 0 heterocycles. The first-order valence-electron chi connectivity index (χ1n) is 6.99. The number of aryl methyl sites for hydroxylation is 2. The summed E-state index contributed by atoms with van der Waals surface area (Å²) in [6, 6.07) is 4.09. The summed E-state index contributed by atoms with van der Waals surface area (Å²) in [5, 5.41) is 2.96. The topological polar surface area (TPSA) is 41.6 Å². The number of carbonyl (C=O) groups is 1. The van der Waals surface area contributed by atoms with E-state index in [0.717, 1.165) is 35.4 Å². The lowest BCUT2D eigenvalue weighted by molar-refractivity contribution is -0.120. The molecule has 0 spiro atoms. The van der Waals surface area contributed by atoms with E-state index in [1.165, 1.54) is 0 Å². The number of rotatable bonds is 7. The number of nitrogens with zero attached hydrogens (tertiary/aromatic N) is 1. The van der Waals surface area contributed by atoms with E-state index >= 15 is 0 Å². The van der Waals surface area contributed by atoms with E-state index in [2.05, 4.69) is 16.3 Å². The van der Waals surface area contributed by atoms with Crippen molar-refractivity contribution in [3.8, 4) is 5.75 Å². The zero-order valence-electron chi connectivity index (χ0n) is 13.2. The molecule has 1 N–H and O–H groups in total. The molecule has 1 amide bonds. The lowest BCUT2D eigenvalue weighted by atomic mass is 10.0. The van der Waals surface area contributed by atoms with Crippen molar-refractivity contribution < 1.29 is 9.53 Å². The van der Waals surface area contributed by atoms with Gasteiger partial charge in [0.25, 0.3) is 0 Å². The van der Waals surface area contributed by atoms with Crippen LogP contribution in [0.1, 0.15) is 23.1 Å². The Morgan fingerprint density at radius 2 is 2.00 bits per heavy atom. The molecule has 4 heteroatoms. The van der Waals surface area contributed by atoms with Gasteiger partial charge in [-0.15, -0.1) is 0 Å². The van der Waals surface area contributed by atoms with E-state index in [1.54, 1.807) is 7.11 Å². The minimum Gasteiger partial charge on any atom is -0.496 e. The van der Waals surface area contributed by atoms with Gasteiger partial charge in [-0.3, -0.25) is 4.79 Å². The highest BCUT2D eigenvalue weighted by Crippen LogP contribution is 2.25. The first-order valence-corrected chi connectivity index (χ1v) is 6.99. The van der Waals surface area contributed by atoms with E-state index in [-0.39, 0.29) is 5.91 Å². The highest BCUT2D eigenvalue weighted by Gasteiger charge is 2.11. The molecule has 1 rings (SSSR count). The summed E-state index contributed by atoms with van der Waals surface area (Å²) in [6.07, 6.45) is 1.33. The van der Waals surface area contributed by atoms with Gasteiger partial charge in [-0.05, 0) is 46.5 Å². The normalized spacial score (nSPS) is 10.7. The first-order chi connectivity index (χ1) is 9.43. The molecule has 0 atom stereocenters. The van der Waals surface area contributed by atoms with Gasteiger partial charge in [-0.2, -0.15) is 0 Å². The van der Waals surface area contributed by atoms with Gasteiger partial charge in [0.05, 0.1) is 13.5 Å². The molecule has 0 aromatic heterocycles. The van der Waals surface area contributed by atoms with Crippen molar-refractivity contribution in [3.63, 3.8) is 0 Å². The molecule has 0 saturated heterocycles. The van der Waals surface area contributed by atoms with Crippen LogP contribution >= 0.6 is 0 Å². The Balaban J connectivity index is 2.57. The van der Waals surface area contributed by atoms with Gasteiger partial charge in [0, 0.05) is 12.1 Å². The van der Waals surface area contributed by atoms with Crippen molar-refractivity contribution >= 4 is 5.91 Å². The second-order valence-corrected chi connectivity index (χ2v) is 5.46. The first kappa shape index (κ1) is 16.5. The number of amides is 1. The Morgan fingerprint density at radius 3 is 2.60 bits per heavy atom. The Morgan fingerprint density at radius 1 is 1.30 bits per heavy atom. The van der Waals surface area contributed by atoms with Crippen molar-refractivity contribution in [3.05, 3.63) is 28.8 Å². The predicted octanol–water partition coefficient (Wildman–Crippen LogP) is 1.92. The van der Waals surface area contributed by atoms with Crippen LogP contribution in [-0.4, -0.2) is 45.1 Å². The summed E-state index contributed by atoms with van der Waals surface area (Å²) < 4.78 is 5.40. The van der Waals surface area contributed by atoms with Crippen LogP contribution in [0.25, 0.3) is 0 Å². The summed E-state index contributed by atoms with van der Waals surface area (Å²) in [6.45, 7) is 5.73. The maximum atomic E-state index is 12.0. The molecule has 0 aliphatic rings. The third-order valence-electron chi connectivity index (χ3n) is 3.16. The van der Waals surface area contributed by atoms with Crippen molar-refractivity contribution in [2.75, 3.05) is 34.3 Å². The van der Waals surface area contributed by atoms with Gasteiger partial charge in [0.1, 0.15) is 5.75 Å². The van der Waals surface area contributed by atoms with Crippen LogP contribution in [-0.2, 0) is 11.2 Å². The second-order valence-electron chi connectivity index (χ2n) is 5.46. The molecule has 0 radical (unpaired) electrons. The molecular weight excluding hydrogens is 252 g/mol. The quantitative estimate of drug-likeness (QED) is 0.775. The monoisotopic (exact) mass is 278 g/mol. The third kappa shape index (κ3) is 5.21. The van der Waals surface area contributed by atoms with E-state index in [0.29, 0.717) is 13.0 Å². The average Bonchev–Trinajstić information content (AvgIpc) is 2.34. The average molecular weight is 278 g/mol. The molecule has 0 saturated carbocycles. The molecule has 1 aromatic carbocycles. The van der Waals surface area contributed by atoms with Crippen molar-refractivity contribution in [2.45, 2.75) is 26.7 Å². The Kier molecular flexibility index (Phi) is 6.52. The molecule has 0 fully saturated rings. The van der Waals surface area contributed by atoms with Crippen LogP contribution in [0.4, 0.5) is 0 Å². The number of hydrogen-bond donors (Lipinski definition) is 1. The van der Waals surface area contributed by atoms with Crippen molar-refractivity contribution in [1.29, 1.82) is 0 Å². The van der Waals surface area contributed by atoms with Crippen molar-refractivity contribution in [1.82, 2.24) is 10.2 Å². The van der Waals surface area contributed by atoms with Gasteiger partial charge in [0.2, 0.25) is 5.91 Å². The summed E-state index contributed by atoms with van der Waals surface area (Å²) in [7, 11) is 5.71. The molecule has 0 aliphatic heterocycles. The fourth-order valence-electron chi connectivity index (χ4n) is 2.32. The summed E-state index contributed by atoms with van der Waals surface area (Å²) in [4.78, 5) is 14.1. The molecule has 0 bridgehead atoms. The number of carbonyl (C=O) groups excluding carboxylic acids is 1. The summed E-state index contributed by atoms with van der Waals surface area (Å²) >= 11 is 0. The second kappa shape index (κ2) is 7.90. The molecule has 0 unspecified atom stereocenters. The minimum atomic E-state index is 0.0482. The van der Waals surface area contributed by atoms with Gasteiger partial charge in [0.15, 0.2) is 0 Å². The minimum absolute atomic E-state index is 0.0482. The van der Waals surface area contributed by atoms with Gasteiger partial charge < -0.3 is 15.0 Å². The fourth-order valence-corrected chi connectivity index (χ4v) is 2.32. The molecule has 112 valence electrons. The van der Waals surface area contributed by atoms with E-state index < -0.39 is 0 Å². The predicted molar refractivity (Wildman–Crippen MR) is 82.4 cm³/mol. The van der Waals surface area contributed by atoms with Crippen LogP contribution in [0, 0.1) is 13.8 Å². The van der Waals surface area contributed by atoms with E-state index in [1.807, 2.05) is 34.0 Å². The molecule has 20 heavy (non-hydrogen) atoms. The van der Waals surface area contributed by atoms with E-state index in [4.69, 9.17) is 4.74 Å². The number of methoxy groups -OCH3 is 1. The van der Waals surface area contributed by atoms with Crippen LogP contribution < -0.4 is 10.1 Å². The third-order valence-corrected chi connectivity index (χ3v) is 3.16. The zero-order valence-corrected chi connectivity index (χ0v) is 13.2. The highest BCUT2D eigenvalue weighted by molar-refractivity contribution is 5.79. The van der Waals surface area contributed by atoms with Crippen LogP contribution in [0.15, 0.2) is 12.1 Å².